The zero-order chi connectivity index (χ0) is 10.9. The van der Waals surface area contributed by atoms with Crippen LogP contribution in [0.15, 0.2) is 47.9 Å². The van der Waals surface area contributed by atoms with Crippen LogP contribution < -0.4 is 0 Å². The van der Waals surface area contributed by atoms with Crippen LogP contribution in [0.5, 0.6) is 0 Å². The maximum Gasteiger partial charge on any atom is 0.207 e. The molecule has 1 fully saturated rings. The van der Waals surface area contributed by atoms with Crippen LogP contribution in [0.4, 0.5) is 0 Å². The Balaban J connectivity index is 2.20. The fourth-order valence-electron chi connectivity index (χ4n) is 1.48. The summed E-state index contributed by atoms with van der Waals surface area (Å²) in [5.74, 6) is 0. The molecule has 0 saturated carbocycles. The largest absolute Gasteiger partial charge is 0.352 e. The summed E-state index contributed by atoms with van der Waals surface area (Å²) in [6.07, 6.45) is 2.04. The second-order valence-corrected chi connectivity index (χ2v) is 5.45. The van der Waals surface area contributed by atoms with Crippen molar-refractivity contribution in [3.8, 4) is 0 Å². The Labute approximate surface area is 89.3 Å². The van der Waals surface area contributed by atoms with E-state index in [4.69, 9.17) is 4.74 Å². The van der Waals surface area contributed by atoms with Gasteiger partial charge in [-0.1, -0.05) is 24.3 Å². The first-order valence-corrected chi connectivity index (χ1v) is 6.26. The minimum atomic E-state index is -3.31. The van der Waals surface area contributed by atoms with Crippen molar-refractivity contribution in [3.05, 3.63) is 43.0 Å². The first kappa shape index (κ1) is 10.4. The number of benzene rings is 1. The lowest BCUT2D eigenvalue weighted by Gasteiger charge is -1.99. The van der Waals surface area contributed by atoms with Crippen molar-refractivity contribution in [2.24, 2.45) is 0 Å². The van der Waals surface area contributed by atoms with Crippen molar-refractivity contribution in [2.75, 3.05) is 0 Å². The molecule has 1 aromatic carbocycles. The Hall–Kier alpha value is -1.13. The Morgan fingerprint density at radius 2 is 2.00 bits per heavy atom. The number of ether oxygens (including phenoxy) is 1. The second-order valence-electron chi connectivity index (χ2n) is 3.43. The highest BCUT2D eigenvalue weighted by atomic mass is 32.2. The molecular formula is C11H12O3S. The van der Waals surface area contributed by atoms with Crippen molar-refractivity contribution in [1.29, 1.82) is 0 Å². The maximum atomic E-state index is 11.9. The minimum absolute atomic E-state index is 0.215. The summed E-state index contributed by atoms with van der Waals surface area (Å²) in [5, 5.41) is 0. The SMILES string of the molecule is C=CCC1OC1S(=O)(=O)c1ccccc1. The van der Waals surface area contributed by atoms with Gasteiger partial charge in [-0.25, -0.2) is 8.42 Å². The van der Waals surface area contributed by atoms with Gasteiger partial charge in [0.05, 0.1) is 4.90 Å². The van der Waals surface area contributed by atoms with Crippen LogP contribution in [0.3, 0.4) is 0 Å². The molecule has 0 radical (unpaired) electrons. The van der Waals surface area contributed by atoms with Gasteiger partial charge in [0, 0.05) is 0 Å². The molecular weight excluding hydrogens is 212 g/mol. The number of epoxide rings is 1. The zero-order valence-electron chi connectivity index (χ0n) is 8.17. The van der Waals surface area contributed by atoms with Gasteiger partial charge in [-0.15, -0.1) is 6.58 Å². The van der Waals surface area contributed by atoms with Crippen LogP contribution in [-0.2, 0) is 14.6 Å². The normalized spacial score (nSPS) is 24.8. The van der Waals surface area contributed by atoms with Crippen molar-refractivity contribution in [3.63, 3.8) is 0 Å². The fourth-order valence-corrected chi connectivity index (χ4v) is 3.08. The molecule has 1 aliphatic heterocycles. The Morgan fingerprint density at radius 3 is 2.60 bits per heavy atom. The molecule has 3 nitrogen and oxygen atoms in total. The summed E-state index contributed by atoms with van der Waals surface area (Å²) < 4.78 is 29.0. The molecule has 0 aliphatic carbocycles. The molecule has 4 heteroatoms. The monoisotopic (exact) mass is 224 g/mol. The lowest BCUT2D eigenvalue weighted by molar-refractivity contribution is 0.395. The van der Waals surface area contributed by atoms with E-state index in [1.54, 1.807) is 36.4 Å². The van der Waals surface area contributed by atoms with Gasteiger partial charge in [0.1, 0.15) is 6.10 Å². The van der Waals surface area contributed by atoms with E-state index in [2.05, 4.69) is 6.58 Å². The summed E-state index contributed by atoms with van der Waals surface area (Å²) in [7, 11) is -3.31. The highest BCUT2D eigenvalue weighted by molar-refractivity contribution is 7.92. The molecule has 1 saturated heterocycles. The molecule has 0 spiro atoms. The number of rotatable bonds is 4. The lowest BCUT2D eigenvalue weighted by atomic mass is 10.3. The topological polar surface area (TPSA) is 46.7 Å². The smallest absolute Gasteiger partial charge is 0.207 e. The molecule has 15 heavy (non-hydrogen) atoms. The van der Waals surface area contributed by atoms with E-state index in [1.807, 2.05) is 0 Å². The molecule has 0 aromatic heterocycles. The Kier molecular flexibility index (Phi) is 2.63. The molecule has 1 heterocycles. The Morgan fingerprint density at radius 1 is 1.33 bits per heavy atom. The Bertz CT molecular complexity index is 450. The molecule has 1 aliphatic rings. The average Bonchev–Trinajstić information content (AvgIpc) is 3.00. The first-order chi connectivity index (χ1) is 7.16. The van der Waals surface area contributed by atoms with E-state index < -0.39 is 15.3 Å². The standard InChI is InChI=1S/C11H12O3S/c1-2-6-10-11(14-10)15(12,13)9-7-4-3-5-8-9/h2-5,7-8,10-11H,1,6H2. The number of hydrogen-bond donors (Lipinski definition) is 0. The zero-order valence-corrected chi connectivity index (χ0v) is 8.98. The van der Waals surface area contributed by atoms with Gasteiger partial charge in [-0.2, -0.15) is 0 Å². The van der Waals surface area contributed by atoms with Crippen LogP contribution in [0.1, 0.15) is 6.42 Å². The van der Waals surface area contributed by atoms with Crippen molar-refractivity contribution < 1.29 is 13.2 Å². The third kappa shape index (κ3) is 1.96. The van der Waals surface area contributed by atoms with E-state index in [-0.39, 0.29) is 6.10 Å². The molecule has 0 bridgehead atoms. The molecule has 80 valence electrons. The molecule has 1 aromatic rings. The summed E-state index contributed by atoms with van der Waals surface area (Å²) in [6.45, 7) is 3.56. The van der Waals surface area contributed by atoms with Gasteiger partial charge in [-0.3, -0.25) is 0 Å². The van der Waals surface area contributed by atoms with Crippen molar-refractivity contribution >= 4 is 9.84 Å². The molecule has 2 rings (SSSR count). The van der Waals surface area contributed by atoms with Crippen molar-refractivity contribution in [2.45, 2.75) is 22.9 Å². The van der Waals surface area contributed by atoms with Crippen molar-refractivity contribution in [1.82, 2.24) is 0 Å². The van der Waals surface area contributed by atoms with Crippen LogP contribution in [0.25, 0.3) is 0 Å². The lowest BCUT2D eigenvalue weighted by Crippen LogP contribution is -2.10. The molecule has 0 amide bonds. The van der Waals surface area contributed by atoms with Gasteiger partial charge in [-0.05, 0) is 18.6 Å². The van der Waals surface area contributed by atoms with E-state index in [0.717, 1.165) is 0 Å². The fraction of sp³-hybridized carbons (Fsp3) is 0.273. The van der Waals surface area contributed by atoms with E-state index in [1.165, 1.54) is 0 Å². The highest BCUT2D eigenvalue weighted by Crippen LogP contribution is 2.34. The summed E-state index contributed by atoms with van der Waals surface area (Å²) in [4.78, 5) is 0.321. The summed E-state index contributed by atoms with van der Waals surface area (Å²) in [5.41, 5.74) is -0.683. The van der Waals surface area contributed by atoms with E-state index >= 15 is 0 Å². The van der Waals surface area contributed by atoms with Crippen LogP contribution in [-0.4, -0.2) is 20.0 Å². The summed E-state index contributed by atoms with van der Waals surface area (Å²) in [6, 6.07) is 8.37. The minimum Gasteiger partial charge on any atom is -0.352 e. The van der Waals surface area contributed by atoms with E-state index in [9.17, 15) is 8.42 Å². The maximum absolute atomic E-state index is 11.9. The van der Waals surface area contributed by atoms with E-state index in [0.29, 0.717) is 11.3 Å². The van der Waals surface area contributed by atoms with Gasteiger partial charge >= 0.3 is 0 Å². The predicted molar refractivity (Wildman–Crippen MR) is 57.1 cm³/mol. The first-order valence-electron chi connectivity index (χ1n) is 4.71. The quantitative estimate of drug-likeness (QED) is 0.578. The molecule has 0 N–H and O–H groups in total. The predicted octanol–water partition coefficient (Wildman–Crippen LogP) is 1.76. The molecule has 2 unspecified atom stereocenters. The van der Waals surface area contributed by atoms with Gasteiger partial charge < -0.3 is 4.74 Å². The molecule has 2 atom stereocenters. The summed E-state index contributed by atoms with van der Waals surface area (Å²) >= 11 is 0. The van der Waals surface area contributed by atoms with Crippen LogP contribution >= 0.6 is 0 Å². The third-order valence-electron chi connectivity index (χ3n) is 2.31. The number of hydrogen-bond acceptors (Lipinski definition) is 3. The van der Waals surface area contributed by atoms with Gasteiger partial charge in [0.15, 0.2) is 5.44 Å². The number of sulfone groups is 1. The van der Waals surface area contributed by atoms with Crippen LogP contribution in [0.2, 0.25) is 0 Å². The average molecular weight is 224 g/mol. The van der Waals surface area contributed by atoms with Crippen LogP contribution in [0, 0.1) is 0 Å². The van der Waals surface area contributed by atoms with Gasteiger partial charge in [0.2, 0.25) is 9.84 Å². The highest BCUT2D eigenvalue weighted by Gasteiger charge is 2.48. The van der Waals surface area contributed by atoms with Gasteiger partial charge in [0.25, 0.3) is 0 Å². The second kappa shape index (κ2) is 3.79. The third-order valence-corrected chi connectivity index (χ3v) is 4.27.